The number of aryl methyl sites for hydroxylation is 1. The number of nitrogens with zero attached hydrogens (tertiary/aromatic N) is 3. The second-order valence-electron chi connectivity index (χ2n) is 6.27. The van der Waals surface area contributed by atoms with Gasteiger partial charge in [-0.05, 0) is 30.7 Å². The molecule has 2 heterocycles. The highest BCUT2D eigenvalue weighted by molar-refractivity contribution is 7.92. The molecule has 1 amide bonds. The van der Waals surface area contributed by atoms with Crippen LogP contribution in [0.2, 0.25) is 0 Å². The molecule has 0 bridgehead atoms. The molecule has 1 aliphatic rings. The number of carbonyl (C=O) groups is 1. The summed E-state index contributed by atoms with van der Waals surface area (Å²) in [6.45, 7) is 6.08. The van der Waals surface area contributed by atoms with Crippen LogP contribution in [0.3, 0.4) is 0 Å². The number of amides is 1. The van der Waals surface area contributed by atoms with Gasteiger partial charge < -0.3 is 9.80 Å². The van der Waals surface area contributed by atoms with Crippen molar-refractivity contribution >= 4 is 27.4 Å². The number of benzene rings is 1. The van der Waals surface area contributed by atoms with E-state index in [1.807, 2.05) is 0 Å². The molecule has 1 aromatic carbocycles. The topological polar surface area (TPSA) is 82.6 Å². The Morgan fingerprint density at radius 1 is 1.08 bits per heavy atom. The van der Waals surface area contributed by atoms with Crippen molar-refractivity contribution in [2.75, 3.05) is 35.8 Å². The van der Waals surface area contributed by atoms with Crippen LogP contribution < -0.4 is 9.62 Å². The molecule has 138 valence electrons. The van der Waals surface area contributed by atoms with E-state index in [1.165, 1.54) is 6.20 Å². The zero-order valence-electron chi connectivity index (χ0n) is 14.8. The third-order valence-corrected chi connectivity index (χ3v) is 5.97. The van der Waals surface area contributed by atoms with Crippen molar-refractivity contribution in [2.24, 2.45) is 0 Å². The fourth-order valence-electron chi connectivity index (χ4n) is 2.95. The molecule has 1 aromatic heterocycles. The van der Waals surface area contributed by atoms with Crippen molar-refractivity contribution in [3.8, 4) is 0 Å². The fraction of sp³-hybridized carbons (Fsp3) is 0.333. The number of carbonyl (C=O) groups excluding carboxylic acids is 1. The van der Waals surface area contributed by atoms with E-state index in [1.54, 1.807) is 55.1 Å². The van der Waals surface area contributed by atoms with E-state index >= 15 is 0 Å². The van der Waals surface area contributed by atoms with E-state index in [2.05, 4.69) is 14.6 Å². The minimum atomic E-state index is -3.65. The van der Waals surface area contributed by atoms with E-state index in [-0.39, 0.29) is 10.8 Å². The van der Waals surface area contributed by atoms with Crippen LogP contribution in [0.1, 0.15) is 12.5 Å². The minimum Gasteiger partial charge on any atom is -0.353 e. The Morgan fingerprint density at radius 3 is 2.35 bits per heavy atom. The number of sulfonamides is 1. The third kappa shape index (κ3) is 3.96. The monoisotopic (exact) mass is 374 g/mol. The van der Waals surface area contributed by atoms with E-state index in [0.717, 1.165) is 5.82 Å². The number of hydrogen-bond donors (Lipinski definition) is 1. The van der Waals surface area contributed by atoms with Gasteiger partial charge in [-0.1, -0.05) is 18.2 Å². The van der Waals surface area contributed by atoms with Gasteiger partial charge in [0.1, 0.15) is 5.82 Å². The lowest BCUT2D eigenvalue weighted by atomic mass is 10.2. The molecule has 3 rings (SSSR count). The summed E-state index contributed by atoms with van der Waals surface area (Å²) in [5, 5.41) is 0. The van der Waals surface area contributed by atoms with Gasteiger partial charge in [-0.2, -0.15) is 0 Å². The number of nitrogens with one attached hydrogen (secondary N) is 1. The smallest absolute Gasteiger partial charge is 0.262 e. The molecule has 0 radical (unpaired) electrons. The summed E-state index contributed by atoms with van der Waals surface area (Å²) in [5.41, 5.74) is 1.10. The first-order valence-electron chi connectivity index (χ1n) is 8.42. The number of anilines is 2. The standard InChI is InChI=1S/C18H22N4O3S/c1-14-5-3-4-6-17(14)26(24,25)20-16-7-8-18(19-13-16)22-11-9-21(10-12-22)15(2)23/h3-8,13,20H,9-12H2,1-2H3. The second-order valence-corrected chi connectivity index (χ2v) is 7.92. The summed E-state index contributed by atoms with van der Waals surface area (Å²) in [6.07, 6.45) is 1.52. The van der Waals surface area contributed by atoms with Crippen molar-refractivity contribution in [2.45, 2.75) is 18.7 Å². The number of piperazine rings is 1. The molecule has 0 atom stereocenters. The lowest BCUT2D eigenvalue weighted by molar-refractivity contribution is -0.129. The molecule has 26 heavy (non-hydrogen) atoms. The molecule has 2 aromatic rings. The maximum Gasteiger partial charge on any atom is 0.262 e. The normalized spacial score (nSPS) is 15.0. The lowest BCUT2D eigenvalue weighted by Gasteiger charge is -2.34. The number of pyridine rings is 1. The predicted molar refractivity (Wildman–Crippen MR) is 101 cm³/mol. The number of hydrogen-bond acceptors (Lipinski definition) is 5. The fourth-order valence-corrected chi connectivity index (χ4v) is 4.24. The lowest BCUT2D eigenvalue weighted by Crippen LogP contribution is -2.48. The summed E-state index contributed by atoms with van der Waals surface area (Å²) >= 11 is 0. The molecule has 8 heteroatoms. The first-order chi connectivity index (χ1) is 12.4. The first kappa shape index (κ1) is 18.2. The van der Waals surface area contributed by atoms with E-state index in [0.29, 0.717) is 37.4 Å². The van der Waals surface area contributed by atoms with E-state index in [4.69, 9.17) is 0 Å². The Labute approximate surface area is 153 Å². The Morgan fingerprint density at radius 2 is 1.77 bits per heavy atom. The van der Waals surface area contributed by atoms with Gasteiger partial charge in [0, 0.05) is 33.1 Å². The highest BCUT2D eigenvalue weighted by Crippen LogP contribution is 2.21. The Bertz CT molecular complexity index is 889. The van der Waals surface area contributed by atoms with Gasteiger partial charge in [0.25, 0.3) is 10.0 Å². The summed E-state index contributed by atoms with van der Waals surface area (Å²) in [7, 11) is -3.65. The Kier molecular flexibility index (Phi) is 5.13. The first-order valence-corrected chi connectivity index (χ1v) is 9.90. The van der Waals surface area contributed by atoms with Gasteiger partial charge in [-0.15, -0.1) is 0 Å². The van der Waals surface area contributed by atoms with Crippen LogP contribution in [-0.2, 0) is 14.8 Å². The molecule has 0 aliphatic carbocycles. The van der Waals surface area contributed by atoms with Gasteiger partial charge in [-0.3, -0.25) is 9.52 Å². The molecule has 0 saturated carbocycles. The van der Waals surface area contributed by atoms with Crippen LogP contribution >= 0.6 is 0 Å². The average Bonchev–Trinajstić information content (AvgIpc) is 2.62. The summed E-state index contributed by atoms with van der Waals surface area (Å²) in [4.78, 5) is 19.9. The van der Waals surface area contributed by atoms with Gasteiger partial charge in [0.15, 0.2) is 0 Å². The van der Waals surface area contributed by atoms with E-state index < -0.39 is 10.0 Å². The van der Waals surface area contributed by atoms with Crippen molar-refractivity contribution in [3.63, 3.8) is 0 Å². The Hall–Kier alpha value is -2.61. The minimum absolute atomic E-state index is 0.0820. The highest BCUT2D eigenvalue weighted by atomic mass is 32.2. The van der Waals surface area contributed by atoms with Gasteiger partial charge >= 0.3 is 0 Å². The number of aromatic nitrogens is 1. The van der Waals surface area contributed by atoms with Crippen molar-refractivity contribution in [3.05, 3.63) is 48.2 Å². The quantitative estimate of drug-likeness (QED) is 0.883. The Balaban J connectivity index is 1.69. The zero-order chi connectivity index (χ0) is 18.7. The maximum absolute atomic E-state index is 12.5. The highest BCUT2D eigenvalue weighted by Gasteiger charge is 2.20. The van der Waals surface area contributed by atoms with Gasteiger partial charge in [0.2, 0.25) is 5.91 Å². The van der Waals surface area contributed by atoms with Crippen molar-refractivity contribution in [1.29, 1.82) is 0 Å². The molecule has 0 unspecified atom stereocenters. The van der Waals surface area contributed by atoms with E-state index in [9.17, 15) is 13.2 Å². The summed E-state index contributed by atoms with van der Waals surface area (Å²) in [6, 6.07) is 10.3. The van der Waals surface area contributed by atoms with Crippen LogP contribution in [-0.4, -0.2) is 50.4 Å². The van der Waals surface area contributed by atoms with Crippen LogP contribution in [0, 0.1) is 6.92 Å². The molecular weight excluding hydrogens is 352 g/mol. The average molecular weight is 374 g/mol. The van der Waals surface area contributed by atoms with Crippen LogP contribution in [0.5, 0.6) is 0 Å². The van der Waals surface area contributed by atoms with Gasteiger partial charge in [0.05, 0.1) is 16.8 Å². The third-order valence-electron chi connectivity index (χ3n) is 4.43. The molecule has 7 nitrogen and oxygen atoms in total. The SMILES string of the molecule is CC(=O)N1CCN(c2ccc(NS(=O)(=O)c3ccccc3C)cn2)CC1. The summed E-state index contributed by atoms with van der Waals surface area (Å²) < 4.78 is 27.6. The maximum atomic E-state index is 12.5. The largest absolute Gasteiger partial charge is 0.353 e. The van der Waals surface area contributed by atoms with Crippen LogP contribution in [0.25, 0.3) is 0 Å². The second kappa shape index (κ2) is 7.33. The number of rotatable bonds is 4. The van der Waals surface area contributed by atoms with Crippen LogP contribution in [0.15, 0.2) is 47.5 Å². The van der Waals surface area contributed by atoms with Crippen molar-refractivity contribution in [1.82, 2.24) is 9.88 Å². The molecule has 1 aliphatic heterocycles. The zero-order valence-corrected chi connectivity index (χ0v) is 15.7. The molecule has 0 spiro atoms. The van der Waals surface area contributed by atoms with Gasteiger partial charge in [-0.25, -0.2) is 13.4 Å². The molecule has 1 saturated heterocycles. The predicted octanol–water partition coefficient (Wildman–Crippen LogP) is 1.86. The molecular formula is C18H22N4O3S. The molecule has 1 N–H and O–H groups in total. The van der Waals surface area contributed by atoms with Crippen LogP contribution in [0.4, 0.5) is 11.5 Å². The van der Waals surface area contributed by atoms with Crippen molar-refractivity contribution < 1.29 is 13.2 Å². The summed E-state index contributed by atoms with van der Waals surface area (Å²) in [5.74, 6) is 0.852. The molecule has 1 fully saturated rings.